The molecule has 9 nitrogen and oxygen atoms in total. The van der Waals surface area contributed by atoms with Gasteiger partial charge in [-0.1, -0.05) is 0 Å². The molecule has 4 rings (SSSR count). The number of amides is 1. The van der Waals surface area contributed by atoms with Crippen LogP contribution >= 0.6 is 11.3 Å². The summed E-state index contributed by atoms with van der Waals surface area (Å²) in [6.45, 7) is 4.38. The maximum absolute atomic E-state index is 12.5. The zero-order valence-electron chi connectivity index (χ0n) is 16.1. The number of benzene rings is 1. The van der Waals surface area contributed by atoms with E-state index in [1.165, 1.54) is 17.4 Å². The highest BCUT2D eigenvalue weighted by Gasteiger charge is 2.28. The van der Waals surface area contributed by atoms with Crippen molar-refractivity contribution in [2.75, 3.05) is 25.2 Å². The molecule has 2 aliphatic heterocycles. The Hall–Kier alpha value is -2.56. The molecule has 3 heterocycles. The van der Waals surface area contributed by atoms with Crippen LogP contribution in [-0.4, -0.2) is 40.6 Å². The Morgan fingerprint density at radius 3 is 2.90 bits per heavy atom. The molecule has 1 aromatic heterocycles. The lowest BCUT2D eigenvalue weighted by Gasteiger charge is -2.32. The van der Waals surface area contributed by atoms with Crippen LogP contribution in [-0.2, 0) is 22.7 Å². The van der Waals surface area contributed by atoms with Gasteiger partial charge in [0, 0.05) is 41.1 Å². The summed E-state index contributed by atoms with van der Waals surface area (Å²) in [4.78, 5) is 29.8. The van der Waals surface area contributed by atoms with E-state index in [-0.39, 0.29) is 24.3 Å². The van der Waals surface area contributed by atoms with Crippen LogP contribution in [0, 0.1) is 23.0 Å². The van der Waals surface area contributed by atoms with Crippen molar-refractivity contribution in [3.05, 3.63) is 44.4 Å². The van der Waals surface area contributed by atoms with Gasteiger partial charge in [0.2, 0.25) is 5.91 Å². The second-order valence-electron chi connectivity index (χ2n) is 7.29. The normalized spacial score (nSPS) is 17.4. The largest absolute Gasteiger partial charge is 0.467 e. The highest BCUT2D eigenvalue weighted by atomic mass is 32.1. The van der Waals surface area contributed by atoms with Crippen LogP contribution in [0.1, 0.15) is 29.7 Å². The number of rotatable bonds is 5. The number of hydrogen-bond donors (Lipinski definition) is 1. The first-order valence-electron chi connectivity index (χ1n) is 9.45. The Morgan fingerprint density at radius 2 is 2.21 bits per heavy atom. The predicted octanol–water partition coefficient (Wildman–Crippen LogP) is 3.08. The van der Waals surface area contributed by atoms with Gasteiger partial charge in [-0.15, -0.1) is 11.3 Å². The number of non-ortho nitro benzene ring substituents is 1. The zero-order valence-corrected chi connectivity index (χ0v) is 16.9. The number of aryl methyl sites for hydroxylation is 1. The summed E-state index contributed by atoms with van der Waals surface area (Å²) in [7, 11) is 0. The molecular formula is C19H22N4O5S. The number of nitrogens with zero attached hydrogens (tertiary/aromatic N) is 3. The minimum Gasteiger partial charge on any atom is -0.467 e. The van der Waals surface area contributed by atoms with Crippen LogP contribution < -0.4 is 10.1 Å². The Balaban J connectivity index is 1.39. The number of nitro benzene ring substituents is 1. The summed E-state index contributed by atoms with van der Waals surface area (Å²) >= 11 is 1.43. The number of hydrogen-bond acceptors (Lipinski definition) is 8. The zero-order chi connectivity index (χ0) is 20.4. The van der Waals surface area contributed by atoms with Crippen LogP contribution in [0.4, 0.5) is 10.8 Å². The summed E-state index contributed by atoms with van der Waals surface area (Å²) in [5.41, 5.74) is 2.43. The SMILES string of the molecule is Cc1csc(NC(=O)C2CCN(Cc3cc([N+](=O)[O-])cc4c3OCOC4)CC2)n1. The highest BCUT2D eigenvalue weighted by molar-refractivity contribution is 7.13. The smallest absolute Gasteiger partial charge is 0.270 e. The third kappa shape index (κ3) is 4.55. The molecule has 1 N–H and O–H groups in total. The minimum absolute atomic E-state index is 0.00668. The highest BCUT2D eigenvalue weighted by Crippen LogP contribution is 2.34. The average Bonchev–Trinajstić information content (AvgIpc) is 3.13. The van der Waals surface area contributed by atoms with Gasteiger partial charge in [0.15, 0.2) is 11.9 Å². The van der Waals surface area contributed by atoms with Gasteiger partial charge < -0.3 is 14.8 Å². The molecule has 0 spiro atoms. The van der Waals surface area contributed by atoms with E-state index < -0.39 is 4.92 Å². The van der Waals surface area contributed by atoms with Gasteiger partial charge in [0.1, 0.15) is 5.75 Å². The monoisotopic (exact) mass is 418 g/mol. The quantitative estimate of drug-likeness (QED) is 0.587. The second kappa shape index (κ2) is 8.44. The number of ether oxygens (including phenoxy) is 2. The number of fused-ring (bicyclic) bond motifs is 1. The summed E-state index contributed by atoms with van der Waals surface area (Å²) in [6.07, 6.45) is 1.47. The molecule has 0 saturated carbocycles. The van der Waals surface area contributed by atoms with E-state index in [0.29, 0.717) is 29.6 Å². The number of nitro groups is 1. The van der Waals surface area contributed by atoms with Gasteiger partial charge in [0.25, 0.3) is 5.69 Å². The Labute approximate surface area is 171 Å². The third-order valence-electron chi connectivity index (χ3n) is 5.18. The molecule has 154 valence electrons. The molecule has 2 aliphatic rings. The number of piperidine rings is 1. The van der Waals surface area contributed by atoms with Crippen LogP contribution in [0.5, 0.6) is 5.75 Å². The summed E-state index contributed by atoms with van der Waals surface area (Å²) in [5, 5.41) is 16.7. The van der Waals surface area contributed by atoms with Gasteiger partial charge in [0.05, 0.1) is 17.2 Å². The molecule has 0 atom stereocenters. The molecule has 1 aromatic carbocycles. The van der Waals surface area contributed by atoms with Crippen LogP contribution in [0.25, 0.3) is 0 Å². The second-order valence-corrected chi connectivity index (χ2v) is 8.15. The van der Waals surface area contributed by atoms with E-state index in [4.69, 9.17) is 9.47 Å². The fourth-order valence-corrected chi connectivity index (χ4v) is 4.41. The minimum atomic E-state index is -0.394. The predicted molar refractivity (Wildman–Crippen MR) is 107 cm³/mol. The molecule has 0 bridgehead atoms. The number of nitrogens with one attached hydrogen (secondary N) is 1. The first kappa shape index (κ1) is 19.7. The first-order valence-corrected chi connectivity index (χ1v) is 10.3. The number of carbonyl (C=O) groups excluding carboxylic acids is 1. The third-order valence-corrected chi connectivity index (χ3v) is 6.06. The number of aromatic nitrogens is 1. The summed E-state index contributed by atoms with van der Waals surface area (Å²) in [5.74, 6) is 0.632. The van der Waals surface area contributed by atoms with Gasteiger partial charge in [-0.3, -0.25) is 19.8 Å². The maximum Gasteiger partial charge on any atom is 0.270 e. The van der Waals surface area contributed by atoms with Gasteiger partial charge in [-0.25, -0.2) is 4.98 Å². The molecular weight excluding hydrogens is 396 g/mol. The number of anilines is 1. The fourth-order valence-electron chi connectivity index (χ4n) is 3.72. The van der Waals surface area contributed by atoms with E-state index in [9.17, 15) is 14.9 Å². The number of carbonyl (C=O) groups is 1. The van der Waals surface area contributed by atoms with Crippen molar-refractivity contribution in [1.29, 1.82) is 0 Å². The number of likely N-dealkylation sites (tertiary alicyclic amines) is 1. The van der Waals surface area contributed by atoms with E-state index in [0.717, 1.165) is 37.2 Å². The van der Waals surface area contributed by atoms with E-state index in [1.807, 2.05) is 12.3 Å². The van der Waals surface area contributed by atoms with E-state index in [1.54, 1.807) is 6.07 Å². The molecule has 0 radical (unpaired) electrons. The molecule has 1 amide bonds. The lowest BCUT2D eigenvalue weighted by atomic mass is 9.95. The average molecular weight is 418 g/mol. The molecule has 0 aliphatic carbocycles. The summed E-state index contributed by atoms with van der Waals surface area (Å²) in [6, 6.07) is 3.09. The van der Waals surface area contributed by atoms with Gasteiger partial charge in [-0.2, -0.15) is 0 Å². The molecule has 10 heteroatoms. The molecule has 2 aromatic rings. The van der Waals surface area contributed by atoms with E-state index >= 15 is 0 Å². The first-order chi connectivity index (χ1) is 14.0. The van der Waals surface area contributed by atoms with Gasteiger partial charge in [-0.05, 0) is 32.9 Å². The maximum atomic E-state index is 12.5. The molecule has 0 unspecified atom stereocenters. The molecule has 1 saturated heterocycles. The molecule has 29 heavy (non-hydrogen) atoms. The van der Waals surface area contributed by atoms with Crippen LogP contribution in [0.15, 0.2) is 17.5 Å². The topological polar surface area (TPSA) is 107 Å². The van der Waals surface area contributed by atoms with Crippen molar-refractivity contribution < 1.29 is 19.2 Å². The van der Waals surface area contributed by atoms with Crippen molar-refractivity contribution in [2.45, 2.75) is 32.9 Å². The van der Waals surface area contributed by atoms with Crippen molar-refractivity contribution >= 4 is 28.1 Å². The van der Waals surface area contributed by atoms with Crippen LogP contribution in [0.3, 0.4) is 0 Å². The summed E-state index contributed by atoms with van der Waals surface area (Å²) < 4.78 is 10.9. The number of thiazole rings is 1. The van der Waals surface area contributed by atoms with Crippen molar-refractivity contribution in [3.63, 3.8) is 0 Å². The Morgan fingerprint density at radius 1 is 1.41 bits per heavy atom. The van der Waals surface area contributed by atoms with Crippen molar-refractivity contribution in [2.24, 2.45) is 5.92 Å². The van der Waals surface area contributed by atoms with Crippen molar-refractivity contribution in [1.82, 2.24) is 9.88 Å². The fraction of sp³-hybridized carbons (Fsp3) is 0.474. The van der Waals surface area contributed by atoms with Gasteiger partial charge >= 0.3 is 0 Å². The standard InChI is InChI=1S/C19H22N4O5S/c1-12-10-29-19(20-12)21-18(24)13-2-4-22(5-3-13)8-14-6-16(23(25)26)7-15-9-27-11-28-17(14)15/h6-7,10,13H,2-5,8-9,11H2,1H3,(H,20,21,24). The molecule has 1 fully saturated rings. The van der Waals surface area contributed by atoms with Crippen LogP contribution in [0.2, 0.25) is 0 Å². The Bertz CT molecular complexity index is 923. The Kier molecular flexibility index (Phi) is 5.74. The lowest BCUT2D eigenvalue weighted by molar-refractivity contribution is -0.385. The van der Waals surface area contributed by atoms with E-state index in [2.05, 4.69) is 15.2 Å². The van der Waals surface area contributed by atoms with Crippen molar-refractivity contribution in [3.8, 4) is 5.75 Å². The lowest BCUT2D eigenvalue weighted by Crippen LogP contribution is -2.38.